The van der Waals surface area contributed by atoms with Gasteiger partial charge in [0.15, 0.2) is 0 Å². The second-order valence-corrected chi connectivity index (χ2v) is 4.18. The maximum absolute atomic E-state index is 10.8. The lowest BCUT2D eigenvalue weighted by atomic mass is 10.2. The van der Waals surface area contributed by atoms with Crippen LogP contribution in [0, 0.1) is 0 Å². The lowest BCUT2D eigenvalue weighted by Gasteiger charge is -2.02. The van der Waals surface area contributed by atoms with Crippen LogP contribution in [0.1, 0.15) is 10.4 Å². The number of primary sulfonamides is 1. The fourth-order valence-electron chi connectivity index (χ4n) is 0.915. The Morgan fingerprint density at radius 3 is 2.29 bits per heavy atom. The lowest BCUT2D eigenvalue weighted by molar-refractivity contribution is 0.100. The van der Waals surface area contributed by atoms with E-state index in [1.54, 1.807) is 0 Å². The highest BCUT2D eigenvalue weighted by Crippen LogP contribution is 2.17. The number of carbonyl (C=O) groups is 1. The first-order valence-electron chi connectivity index (χ1n) is 3.50. The predicted molar refractivity (Wildman–Crippen MR) is 49.1 cm³/mol. The van der Waals surface area contributed by atoms with Crippen LogP contribution in [-0.4, -0.2) is 14.3 Å². The van der Waals surface area contributed by atoms with Crippen LogP contribution in [0.2, 0.25) is 0 Å². The Bertz CT molecular complexity index is 481. The van der Waals surface area contributed by atoms with Crippen molar-refractivity contribution >= 4 is 21.6 Å². The van der Waals surface area contributed by atoms with Crippen LogP contribution in [-0.2, 0) is 10.0 Å². The van der Waals surface area contributed by atoms with E-state index in [9.17, 15) is 13.2 Å². The summed E-state index contributed by atoms with van der Waals surface area (Å²) in [7, 11) is -3.84. The lowest BCUT2D eigenvalue weighted by Crippen LogP contribution is -2.15. The predicted octanol–water partition coefficient (Wildman–Crippen LogP) is -0.653. The van der Waals surface area contributed by atoms with E-state index in [0.29, 0.717) is 0 Å². The number of carbonyl (C=O) groups excluding carboxylic acids is 1. The van der Waals surface area contributed by atoms with Gasteiger partial charge in [-0.3, -0.25) is 4.79 Å². The molecule has 0 aromatic heterocycles. The van der Waals surface area contributed by atoms with Crippen LogP contribution in [0.4, 0.5) is 5.69 Å². The molecule has 0 saturated carbocycles. The Hall–Kier alpha value is -1.60. The maximum Gasteiger partial charge on any atom is 0.250 e. The SMILES string of the molecule is [NH]c1cc(S(N)(=O)=O)ccc1C(N)=O. The summed E-state index contributed by atoms with van der Waals surface area (Å²) in [4.78, 5) is 10.5. The third-order valence-electron chi connectivity index (χ3n) is 1.59. The second kappa shape index (κ2) is 3.28. The topological polar surface area (TPSA) is 127 Å². The molecular formula is C7H8N3O3S. The molecule has 5 N–H and O–H groups in total. The molecule has 7 heteroatoms. The molecule has 0 spiro atoms. The van der Waals surface area contributed by atoms with Gasteiger partial charge in [0.1, 0.15) is 0 Å². The van der Waals surface area contributed by atoms with Gasteiger partial charge in [-0.1, -0.05) is 0 Å². The summed E-state index contributed by atoms with van der Waals surface area (Å²) in [5.41, 5.74) is 11.9. The van der Waals surface area contributed by atoms with Crippen molar-refractivity contribution in [2.24, 2.45) is 10.9 Å². The number of sulfonamides is 1. The summed E-state index contributed by atoms with van der Waals surface area (Å²) in [6.45, 7) is 0. The van der Waals surface area contributed by atoms with Crippen molar-refractivity contribution < 1.29 is 13.2 Å². The second-order valence-electron chi connectivity index (χ2n) is 2.62. The number of primary amides is 1. The highest BCUT2D eigenvalue weighted by atomic mass is 32.2. The quantitative estimate of drug-likeness (QED) is 0.678. The summed E-state index contributed by atoms with van der Waals surface area (Å²) >= 11 is 0. The summed E-state index contributed by atoms with van der Waals surface area (Å²) in [6.07, 6.45) is 0. The van der Waals surface area contributed by atoms with E-state index in [0.717, 1.165) is 18.2 Å². The zero-order valence-corrected chi connectivity index (χ0v) is 7.84. The van der Waals surface area contributed by atoms with Crippen molar-refractivity contribution in [3.63, 3.8) is 0 Å². The van der Waals surface area contributed by atoms with Crippen LogP contribution in [0.15, 0.2) is 23.1 Å². The Morgan fingerprint density at radius 1 is 1.36 bits per heavy atom. The van der Waals surface area contributed by atoms with Gasteiger partial charge in [0, 0.05) is 0 Å². The summed E-state index contributed by atoms with van der Waals surface area (Å²) in [5, 5.41) is 4.82. The molecule has 0 saturated heterocycles. The standard InChI is InChI=1S/C7H8N3O3S/c8-6-3-4(14(10,12)13)1-2-5(6)7(9)11/h1-3,8H,(H2,9,11)(H2,10,12,13). The van der Waals surface area contributed by atoms with Crippen molar-refractivity contribution in [2.45, 2.75) is 4.90 Å². The third-order valence-corrected chi connectivity index (χ3v) is 2.50. The number of nitrogens with two attached hydrogens (primary N) is 2. The molecule has 0 unspecified atom stereocenters. The van der Waals surface area contributed by atoms with Crippen LogP contribution < -0.4 is 16.6 Å². The van der Waals surface area contributed by atoms with E-state index in [4.69, 9.17) is 16.6 Å². The highest BCUT2D eigenvalue weighted by molar-refractivity contribution is 7.89. The number of hydrogen-bond donors (Lipinski definition) is 2. The van der Waals surface area contributed by atoms with E-state index >= 15 is 0 Å². The first-order valence-corrected chi connectivity index (χ1v) is 5.05. The van der Waals surface area contributed by atoms with Crippen LogP contribution >= 0.6 is 0 Å². The minimum atomic E-state index is -3.84. The Morgan fingerprint density at radius 2 is 1.93 bits per heavy atom. The van der Waals surface area contributed by atoms with Gasteiger partial charge < -0.3 is 11.5 Å². The van der Waals surface area contributed by atoms with Crippen molar-refractivity contribution in [1.29, 1.82) is 0 Å². The average Bonchev–Trinajstić information content (AvgIpc) is 2.01. The molecule has 75 valence electrons. The molecule has 0 aliphatic carbocycles. The number of benzene rings is 1. The van der Waals surface area contributed by atoms with Gasteiger partial charge in [-0.15, -0.1) is 0 Å². The molecule has 14 heavy (non-hydrogen) atoms. The number of nitrogens with one attached hydrogen (secondary N) is 1. The zero-order chi connectivity index (χ0) is 10.9. The van der Waals surface area contributed by atoms with E-state index in [2.05, 4.69) is 0 Å². The van der Waals surface area contributed by atoms with Gasteiger partial charge in [-0.2, -0.15) is 0 Å². The summed E-state index contributed by atoms with van der Waals surface area (Å²) in [6, 6.07) is 3.27. The van der Waals surface area contributed by atoms with Gasteiger partial charge >= 0.3 is 0 Å². The van der Waals surface area contributed by atoms with Gasteiger partial charge in [0.25, 0.3) is 5.91 Å². The smallest absolute Gasteiger partial charge is 0.250 e. The Kier molecular flexibility index (Phi) is 2.45. The molecule has 0 heterocycles. The molecule has 1 aromatic rings. The summed E-state index contributed by atoms with van der Waals surface area (Å²) in [5.74, 6) is -0.782. The first-order chi connectivity index (χ1) is 6.32. The molecule has 0 fully saturated rings. The molecular weight excluding hydrogens is 206 g/mol. The molecule has 1 amide bonds. The Labute approximate surface area is 80.7 Å². The fourth-order valence-corrected chi connectivity index (χ4v) is 1.46. The van der Waals surface area contributed by atoms with Crippen molar-refractivity contribution in [1.82, 2.24) is 5.73 Å². The average molecular weight is 214 g/mol. The van der Waals surface area contributed by atoms with Crippen molar-refractivity contribution in [3.8, 4) is 0 Å². The number of rotatable bonds is 2. The number of amides is 1. The third kappa shape index (κ3) is 2.01. The van der Waals surface area contributed by atoms with E-state index in [-0.39, 0.29) is 16.1 Å². The largest absolute Gasteiger partial charge is 0.366 e. The van der Waals surface area contributed by atoms with Crippen molar-refractivity contribution in [2.75, 3.05) is 0 Å². The minimum Gasteiger partial charge on any atom is -0.366 e. The molecule has 1 radical (unpaired) electrons. The van der Waals surface area contributed by atoms with Crippen molar-refractivity contribution in [3.05, 3.63) is 23.8 Å². The van der Waals surface area contributed by atoms with E-state index in [1.165, 1.54) is 0 Å². The fraction of sp³-hybridized carbons (Fsp3) is 0. The maximum atomic E-state index is 10.8. The molecule has 1 aromatic carbocycles. The monoisotopic (exact) mass is 214 g/mol. The molecule has 0 aliphatic heterocycles. The highest BCUT2D eigenvalue weighted by Gasteiger charge is 2.12. The van der Waals surface area contributed by atoms with Crippen LogP contribution in [0.25, 0.3) is 0 Å². The Balaban J connectivity index is 3.34. The molecule has 0 atom stereocenters. The molecule has 0 bridgehead atoms. The van der Waals surface area contributed by atoms with E-state index in [1.807, 2.05) is 0 Å². The van der Waals surface area contributed by atoms with E-state index < -0.39 is 15.9 Å². The normalized spacial score (nSPS) is 11.2. The van der Waals surface area contributed by atoms with Gasteiger partial charge in [0.05, 0.1) is 16.1 Å². The van der Waals surface area contributed by atoms with Crippen LogP contribution in [0.5, 0.6) is 0 Å². The van der Waals surface area contributed by atoms with Gasteiger partial charge in [0.2, 0.25) is 10.0 Å². The molecule has 6 nitrogen and oxygen atoms in total. The first kappa shape index (κ1) is 10.5. The molecule has 1 rings (SSSR count). The molecule has 0 aliphatic rings. The summed E-state index contributed by atoms with van der Waals surface area (Å²) < 4.78 is 21.7. The zero-order valence-electron chi connectivity index (χ0n) is 7.02. The minimum absolute atomic E-state index is 0.0441. The van der Waals surface area contributed by atoms with Gasteiger partial charge in [-0.25, -0.2) is 13.6 Å². The number of hydrogen-bond acceptors (Lipinski definition) is 3. The van der Waals surface area contributed by atoms with Gasteiger partial charge in [-0.05, 0) is 18.2 Å². The van der Waals surface area contributed by atoms with Crippen LogP contribution in [0.3, 0.4) is 0 Å².